The first-order valence-electron chi connectivity index (χ1n) is 22.4. The van der Waals surface area contributed by atoms with E-state index in [0.29, 0.717) is 64.3 Å². The fraction of sp³-hybridized carbons (Fsp3) is 0.400. The molecule has 3 amide bonds. The summed E-state index contributed by atoms with van der Waals surface area (Å²) in [7, 11) is 8.69. The van der Waals surface area contributed by atoms with Crippen LogP contribution in [-0.2, 0) is 61.6 Å². The van der Waals surface area contributed by atoms with Gasteiger partial charge in [-0.25, -0.2) is 4.98 Å². The summed E-state index contributed by atoms with van der Waals surface area (Å²) in [4.78, 5) is 63.4. The number of benzene rings is 3. The third kappa shape index (κ3) is 13.8. The maximum absolute atomic E-state index is 14.4. The Morgan fingerprint density at radius 1 is 0.971 bits per heavy atom. The van der Waals surface area contributed by atoms with Gasteiger partial charge in [0.2, 0.25) is 17.7 Å². The van der Waals surface area contributed by atoms with E-state index in [1.807, 2.05) is 69.8 Å². The molecule has 0 aliphatic carbocycles. The number of amides is 3. The number of imidazole rings is 1. The van der Waals surface area contributed by atoms with Gasteiger partial charge in [-0.15, -0.1) is 0 Å². The van der Waals surface area contributed by atoms with E-state index in [1.54, 1.807) is 54.3 Å². The highest BCUT2D eigenvalue weighted by molar-refractivity contribution is 6.31. The summed E-state index contributed by atoms with van der Waals surface area (Å²) in [6, 6.07) is 23.2. The van der Waals surface area contributed by atoms with Crippen LogP contribution in [0.2, 0.25) is 10.0 Å². The Hall–Kier alpha value is -6.04. The third-order valence-corrected chi connectivity index (χ3v) is 12.5. The molecule has 3 aromatic carbocycles. The van der Waals surface area contributed by atoms with Crippen LogP contribution in [0.1, 0.15) is 48.8 Å². The summed E-state index contributed by atoms with van der Waals surface area (Å²) >= 11 is 12.7. The van der Waals surface area contributed by atoms with Gasteiger partial charge in [0.15, 0.2) is 11.9 Å². The smallest absolute Gasteiger partial charge is 0.306 e. The summed E-state index contributed by atoms with van der Waals surface area (Å²) in [5.41, 5.74) is 2.89. The number of hydrogen-bond acceptors (Lipinski definition) is 11. The fourth-order valence-corrected chi connectivity index (χ4v) is 8.64. The van der Waals surface area contributed by atoms with Crippen LogP contribution in [0.5, 0.6) is 11.5 Å². The number of aromatic nitrogens is 3. The molecule has 0 saturated carbocycles. The first-order chi connectivity index (χ1) is 32.6. The minimum atomic E-state index is -1.11. The summed E-state index contributed by atoms with van der Waals surface area (Å²) in [6.45, 7) is 2.95. The molecule has 16 nitrogen and oxygen atoms in total. The van der Waals surface area contributed by atoms with Crippen molar-refractivity contribution in [1.82, 2.24) is 35.3 Å². The molecule has 6 rings (SSSR count). The SMILES string of the molecule is COC[C@H](NC(=O)[C@H](C)NCc1ccc(Cl)cc1Oc1ccc(-c2cnc(CN(C)C)n2C)cc1)C(=O)N[C@@]1(Cc2ccc(Cl)cc2)CCCN(C(=O)[C@@H](CC(=O)OC)Cc2cccc[n+]2[O-])C1. The van der Waals surface area contributed by atoms with Crippen molar-refractivity contribution in [2.24, 2.45) is 13.0 Å². The van der Waals surface area contributed by atoms with Gasteiger partial charge in [0.1, 0.15) is 23.4 Å². The normalized spacial score (nSPS) is 16.2. The summed E-state index contributed by atoms with van der Waals surface area (Å²) < 4.78 is 19.4. The number of methoxy groups -OCH3 is 2. The quantitative estimate of drug-likeness (QED) is 0.0471. The van der Waals surface area contributed by atoms with Gasteiger partial charge >= 0.3 is 5.97 Å². The Balaban J connectivity index is 1.14. The van der Waals surface area contributed by atoms with E-state index in [4.69, 9.17) is 37.4 Å². The summed E-state index contributed by atoms with van der Waals surface area (Å²) in [5, 5.41) is 23.0. The maximum Gasteiger partial charge on any atom is 0.306 e. The molecular weight excluding hydrogens is 912 g/mol. The van der Waals surface area contributed by atoms with Gasteiger partial charge in [-0.05, 0) is 94.4 Å². The van der Waals surface area contributed by atoms with Crippen LogP contribution < -0.4 is 25.4 Å². The highest BCUT2D eigenvalue weighted by atomic mass is 35.5. The van der Waals surface area contributed by atoms with E-state index < -0.39 is 41.3 Å². The van der Waals surface area contributed by atoms with Gasteiger partial charge in [0, 0.05) is 73.5 Å². The number of carbonyl (C=O) groups is 4. The highest BCUT2D eigenvalue weighted by Crippen LogP contribution is 2.32. The van der Waals surface area contributed by atoms with Crippen LogP contribution in [0, 0.1) is 11.1 Å². The Bertz CT molecular complexity index is 2520. The largest absolute Gasteiger partial charge is 0.619 e. The second kappa shape index (κ2) is 23.8. The van der Waals surface area contributed by atoms with E-state index in [0.717, 1.165) is 28.2 Å². The predicted molar refractivity (Wildman–Crippen MR) is 259 cm³/mol. The minimum absolute atomic E-state index is 0.00541. The van der Waals surface area contributed by atoms with Crippen molar-refractivity contribution < 1.29 is 38.1 Å². The number of piperidine rings is 1. The van der Waals surface area contributed by atoms with Gasteiger partial charge in [-0.1, -0.05) is 47.5 Å². The van der Waals surface area contributed by atoms with Crippen molar-refractivity contribution in [2.45, 2.75) is 69.7 Å². The van der Waals surface area contributed by atoms with Crippen LogP contribution in [0.15, 0.2) is 97.3 Å². The highest BCUT2D eigenvalue weighted by Gasteiger charge is 2.42. The van der Waals surface area contributed by atoms with Crippen molar-refractivity contribution in [3.05, 3.63) is 135 Å². The summed E-state index contributed by atoms with van der Waals surface area (Å²) in [6.07, 6.45) is 4.30. The van der Waals surface area contributed by atoms with Gasteiger partial charge in [-0.2, -0.15) is 4.73 Å². The van der Waals surface area contributed by atoms with Crippen molar-refractivity contribution in [1.29, 1.82) is 0 Å². The molecule has 18 heteroatoms. The fourth-order valence-electron chi connectivity index (χ4n) is 8.35. The zero-order chi connectivity index (χ0) is 49.0. The second-order valence-corrected chi connectivity index (χ2v) is 18.4. The molecule has 1 fully saturated rings. The van der Waals surface area contributed by atoms with Gasteiger partial charge < -0.3 is 49.7 Å². The lowest BCUT2D eigenvalue weighted by Crippen LogP contribution is -2.65. The molecule has 1 saturated heterocycles. The van der Waals surface area contributed by atoms with Gasteiger partial charge in [0.05, 0.1) is 56.1 Å². The molecule has 3 N–H and O–H groups in total. The molecule has 0 radical (unpaired) electrons. The molecule has 362 valence electrons. The number of esters is 1. The lowest BCUT2D eigenvalue weighted by Gasteiger charge is -2.45. The van der Waals surface area contributed by atoms with Crippen LogP contribution in [0.25, 0.3) is 11.3 Å². The summed E-state index contributed by atoms with van der Waals surface area (Å²) in [5.74, 6) is -0.740. The predicted octanol–water partition coefficient (Wildman–Crippen LogP) is 5.63. The van der Waals surface area contributed by atoms with E-state index in [-0.39, 0.29) is 38.4 Å². The average molecular weight is 972 g/mol. The molecule has 0 unspecified atom stereocenters. The Kier molecular flexibility index (Phi) is 18.0. The number of hydrogen-bond donors (Lipinski definition) is 3. The molecule has 68 heavy (non-hydrogen) atoms. The maximum atomic E-state index is 14.4. The Morgan fingerprint density at radius 2 is 1.71 bits per heavy atom. The van der Waals surface area contributed by atoms with Crippen LogP contribution in [-0.4, -0.2) is 109 Å². The molecular formula is C50H60Cl2N8O8. The number of rotatable bonds is 21. The first kappa shape index (κ1) is 51.4. The molecule has 5 aromatic rings. The Morgan fingerprint density at radius 3 is 2.40 bits per heavy atom. The van der Waals surface area contributed by atoms with E-state index in [2.05, 4.69) is 30.4 Å². The molecule has 1 aliphatic rings. The zero-order valence-electron chi connectivity index (χ0n) is 39.3. The number of likely N-dealkylation sites (tertiary alicyclic amines) is 1. The lowest BCUT2D eigenvalue weighted by molar-refractivity contribution is -0.614. The van der Waals surface area contributed by atoms with Crippen molar-refractivity contribution in [3.8, 4) is 22.8 Å². The number of pyridine rings is 1. The van der Waals surface area contributed by atoms with Crippen molar-refractivity contribution >= 4 is 46.9 Å². The number of nitrogens with one attached hydrogen (secondary N) is 3. The second-order valence-electron chi connectivity index (χ2n) is 17.5. The molecule has 1 aliphatic heterocycles. The zero-order valence-corrected chi connectivity index (χ0v) is 40.8. The number of halogens is 2. The van der Waals surface area contributed by atoms with Crippen LogP contribution in [0.3, 0.4) is 0 Å². The molecule has 0 spiro atoms. The van der Waals surface area contributed by atoms with Crippen LogP contribution in [0.4, 0.5) is 0 Å². The number of nitrogens with zero attached hydrogens (tertiary/aromatic N) is 5. The molecule has 3 heterocycles. The minimum Gasteiger partial charge on any atom is -0.619 e. The van der Waals surface area contributed by atoms with E-state index in [9.17, 15) is 24.4 Å². The first-order valence-corrected chi connectivity index (χ1v) is 23.2. The number of carbonyl (C=O) groups excluding carboxylic acids is 4. The molecule has 0 bridgehead atoms. The van der Waals surface area contributed by atoms with Gasteiger partial charge in [-0.3, -0.25) is 19.2 Å². The number of ether oxygens (including phenoxy) is 3. The molecule has 2 aromatic heterocycles. The monoisotopic (exact) mass is 970 g/mol. The lowest BCUT2D eigenvalue weighted by atomic mass is 9.82. The van der Waals surface area contributed by atoms with Crippen molar-refractivity contribution in [2.75, 3.05) is 48.0 Å². The van der Waals surface area contributed by atoms with E-state index in [1.165, 1.54) is 20.4 Å². The van der Waals surface area contributed by atoms with Crippen molar-refractivity contribution in [3.63, 3.8) is 0 Å². The standard InChI is InChI=1S/C50H60Cl2N8O8/c1-33(53-28-36-13-18-39(52)26-44(36)68-41-19-14-35(15-20-41)43-29-54-45(58(43)4)30-57(2)3)47(62)55-42(31-66-5)48(63)56-50(27-34-11-16-38(51)17-12-34)21-9-22-59(32-50)49(64)37(25-46(61)67-6)24-40-10-7-8-23-60(40)65/h7-8,10-20,23,26,29,33,37,42,53H,9,21-22,24-25,27-28,30-32H2,1-6H3,(H,55,62)(H,56,63)/t33-,37+,42-,50+/m0/s1. The Labute approximate surface area is 407 Å². The average Bonchev–Trinajstić information content (AvgIpc) is 3.67. The van der Waals surface area contributed by atoms with Gasteiger partial charge in [0.25, 0.3) is 0 Å². The topological polar surface area (TPSA) is 183 Å². The molecule has 4 atom stereocenters. The van der Waals surface area contributed by atoms with Crippen LogP contribution >= 0.6 is 23.2 Å². The van der Waals surface area contributed by atoms with E-state index >= 15 is 0 Å². The third-order valence-electron chi connectivity index (χ3n) is 12.0.